The molecule has 0 bridgehead atoms. The maximum absolute atomic E-state index is 13.3. The van der Waals surface area contributed by atoms with Gasteiger partial charge in [-0.25, -0.2) is 13.8 Å². The third-order valence-electron chi connectivity index (χ3n) is 3.65. The molecule has 1 atom stereocenters. The molecule has 0 aliphatic heterocycles. The Morgan fingerprint density at radius 3 is 2.62 bits per heavy atom. The average molecular weight is 287 g/mol. The van der Waals surface area contributed by atoms with E-state index in [1.807, 2.05) is 35.9 Å². The van der Waals surface area contributed by atoms with E-state index in [2.05, 4.69) is 4.98 Å². The molecule has 0 fully saturated rings. The van der Waals surface area contributed by atoms with E-state index in [1.165, 1.54) is 6.07 Å². The highest BCUT2D eigenvalue weighted by molar-refractivity contribution is 5.75. The lowest BCUT2D eigenvalue weighted by atomic mass is 10.0. The van der Waals surface area contributed by atoms with E-state index in [9.17, 15) is 8.78 Å². The molecule has 0 amide bonds. The van der Waals surface area contributed by atoms with Crippen molar-refractivity contribution in [2.45, 2.75) is 12.5 Å². The van der Waals surface area contributed by atoms with E-state index < -0.39 is 17.7 Å². The molecule has 1 unspecified atom stereocenters. The molecule has 0 radical (unpaired) electrons. The fourth-order valence-electron chi connectivity index (χ4n) is 2.44. The van der Waals surface area contributed by atoms with Crippen molar-refractivity contribution in [3.05, 3.63) is 65.5 Å². The van der Waals surface area contributed by atoms with Gasteiger partial charge in [-0.15, -0.1) is 0 Å². The van der Waals surface area contributed by atoms with Gasteiger partial charge < -0.3 is 10.3 Å². The first kappa shape index (κ1) is 13.7. The van der Waals surface area contributed by atoms with Crippen LogP contribution in [0.2, 0.25) is 0 Å². The zero-order valence-corrected chi connectivity index (χ0v) is 11.6. The molecule has 0 aliphatic carbocycles. The van der Waals surface area contributed by atoms with Gasteiger partial charge in [0.25, 0.3) is 0 Å². The predicted molar refractivity (Wildman–Crippen MR) is 77.7 cm³/mol. The lowest BCUT2D eigenvalue weighted by Gasteiger charge is -2.12. The van der Waals surface area contributed by atoms with Crippen LogP contribution < -0.4 is 5.73 Å². The van der Waals surface area contributed by atoms with Crippen LogP contribution in [0.25, 0.3) is 11.0 Å². The lowest BCUT2D eigenvalue weighted by molar-refractivity contribution is 0.504. The first-order chi connectivity index (χ1) is 10.1. The number of hydrogen-bond donors (Lipinski definition) is 1. The minimum Gasteiger partial charge on any atom is -0.331 e. The number of benzene rings is 2. The van der Waals surface area contributed by atoms with Crippen molar-refractivity contribution in [3.63, 3.8) is 0 Å². The number of fused-ring (bicyclic) bond motifs is 1. The maximum atomic E-state index is 13.3. The zero-order valence-electron chi connectivity index (χ0n) is 11.6. The Labute approximate surface area is 121 Å². The molecule has 2 aromatic carbocycles. The standard InChI is InChI=1S/C16H15F2N3/c1-21-15-5-3-2-4-14(15)20-16(21)9-13(19)10-6-7-11(17)12(18)8-10/h2-8,13H,9,19H2,1H3. The van der Waals surface area contributed by atoms with E-state index in [0.717, 1.165) is 29.0 Å². The summed E-state index contributed by atoms with van der Waals surface area (Å²) in [6, 6.07) is 11.1. The molecule has 0 aliphatic rings. The number of halogens is 2. The summed E-state index contributed by atoms with van der Waals surface area (Å²) < 4.78 is 28.2. The highest BCUT2D eigenvalue weighted by Gasteiger charge is 2.14. The van der Waals surface area contributed by atoms with Crippen molar-refractivity contribution in [1.82, 2.24) is 9.55 Å². The predicted octanol–water partition coefficient (Wildman–Crippen LogP) is 3.09. The summed E-state index contributed by atoms with van der Waals surface area (Å²) in [4.78, 5) is 4.53. The molecule has 21 heavy (non-hydrogen) atoms. The summed E-state index contributed by atoms with van der Waals surface area (Å²) in [5.74, 6) is -0.935. The van der Waals surface area contributed by atoms with E-state index in [0.29, 0.717) is 12.0 Å². The zero-order chi connectivity index (χ0) is 15.0. The third kappa shape index (κ3) is 2.52. The van der Waals surface area contributed by atoms with E-state index in [4.69, 9.17) is 5.73 Å². The van der Waals surface area contributed by atoms with Crippen LogP contribution in [-0.4, -0.2) is 9.55 Å². The van der Waals surface area contributed by atoms with Gasteiger partial charge in [0.05, 0.1) is 11.0 Å². The van der Waals surface area contributed by atoms with Gasteiger partial charge in [0.15, 0.2) is 11.6 Å². The maximum Gasteiger partial charge on any atom is 0.159 e. The summed E-state index contributed by atoms with van der Waals surface area (Å²) >= 11 is 0. The summed E-state index contributed by atoms with van der Waals surface area (Å²) in [5, 5.41) is 0. The minimum absolute atomic E-state index is 0.435. The van der Waals surface area contributed by atoms with Crippen LogP contribution in [0.1, 0.15) is 17.4 Å². The smallest absolute Gasteiger partial charge is 0.159 e. The van der Waals surface area contributed by atoms with Gasteiger partial charge in [-0.1, -0.05) is 18.2 Å². The Morgan fingerprint density at radius 1 is 1.14 bits per heavy atom. The Balaban J connectivity index is 1.90. The number of rotatable bonds is 3. The summed E-state index contributed by atoms with van der Waals surface area (Å²) in [6.07, 6.45) is 0.455. The van der Waals surface area contributed by atoms with Crippen molar-refractivity contribution < 1.29 is 8.78 Å². The van der Waals surface area contributed by atoms with Crippen molar-refractivity contribution in [2.24, 2.45) is 12.8 Å². The summed E-state index contributed by atoms with van der Waals surface area (Å²) in [7, 11) is 1.92. The second kappa shape index (κ2) is 5.26. The van der Waals surface area contributed by atoms with Gasteiger partial charge in [-0.05, 0) is 29.8 Å². The Bertz CT molecular complexity index is 795. The first-order valence-corrected chi connectivity index (χ1v) is 6.67. The third-order valence-corrected chi connectivity index (χ3v) is 3.65. The van der Waals surface area contributed by atoms with E-state index in [1.54, 1.807) is 0 Å². The minimum atomic E-state index is -0.882. The fourth-order valence-corrected chi connectivity index (χ4v) is 2.44. The van der Waals surface area contributed by atoms with Crippen LogP contribution in [0, 0.1) is 11.6 Å². The molecule has 0 saturated heterocycles. The Kier molecular flexibility index (Phi) is 3.43. The SMILES string of the molecule is Cn1c(CC(N)c2ccc(F)c(F)c2)nc2ccccc21. The number of hydrogen-bond acceptors (Lipinski definition) is 2. The molecule has 3 aromatic rings. The number of nitrogens with two attached hydrogens (primary N) is 1. The number of imidazole rings is 1. The number of nitrogens with zero attached hydrogens (tertiary/aromatic N) is 2. The van der Waals surface area contributed by atoms with Crippen molar-refractivity contribution in [3.8, 4) is 0 Å². The van der Waals surface area contributed by atoms with Crippen LogP contribution >= 0.6 is 0 Å². The second-order valence-corrected chi connectivity index (χ2v) is 5.06. The van der Waals surface area contributed by atoms with Gasteiger partial charge in [-0.2, -0.15) is 0 Å². The Hall–Kier alpha value is -2.27. The molecule has 108 valence electrons. The fraction of sp³-hybridized carbons (Fsp3) is 0.188. The normalized spacial score (nSPS) is 12.8. The number of aromatic nitrogens is 2. The lowest BCUT2D eigenvalue weighted by Crippen LogP contribution is -2.16. The van der Waals surface area contributed by atoms with E-state index >= 15 is 0 Å². The molecule has 5 heteroatoms. The van der Waals surface area contributed by atoms with E-state index in [-0.39, 0.29) is 0 Å². The highest BCUT2D eigenvalue weighted by atomic mass is 19.2. The van der Waals surface area contributed by atoms with Gasteiger partial charge in [-0.3, -0.25) is 0 Å². The van der Waals surface area contributed by atoms with Gasteiger partial charge in [0.1, 0.15) is 5.82 Å². The van der Waals surface area contributed by atoms with Crippen molar-refractivity contribution >= 4 is 11.0 Å². The Morgan fingerprint density at radius 2 is 1.90 bits per heavy atom. The average Bonchev–Trinajstić information content (AvgIpc) is 2.79. The van der Waals surface area contributed by atoms with Gasteiger partial charge in [0.2, 0.25) is 0 Å². The molecule has 3 nitrogen and oxygen atoms in total. The molecule has 0 saturated carbocycles. The molecule has 0 spiro atoms. The van der Waals surface area contributed by atoms with Crippen molar-refractivity contribution in [1.29, 1.82) is 0 Å². The highest BCUT2D eigenvalue weighted by Crippen LogP contribution is 2.21. The molecule has 3 rings (SSSR count). The monoisotopic (exact) mass is 287 g/mol. The van der Waals surface area contributed by atoms with Crippen LogP contribution in [0.3, 0.4) is 0 Å². The van der Waals surface area contributed by atoms with Crippen LogP contribution in [0.15, 0.2) is 42.5 Å². The first-order valence-electron chi connectivity index (χ1n) is 6.67. The number of para-hydroxylation sites is 2. The molecular weight excluding hydrogens is 272 g/mol. The number of aryl methyl sites for hydroxylation is 1. The van der Waals surface area contributed by atoms with Crippen LogP contribution in [0.5, 0.6) is 0 Å². The topological polar surface area (TPSA) is 43.8 Å². The summed E-state index contributed by atoms with van der Waals surface area (Å²) in [6.45, 7) is 0. The molecule has 1 aromatic heterocycles. The van der Waals surface area contributed by atoms with Gasteiger partial charge in [0, 0.05) is 19.5 Å². The van der Waals surface area contributed by atoms with Crippen LogP contribution in [-0.2, 0) is 13.5 Å². The second-order valence-electron chi connectivity index (χ2n) is 5.06. The largest absolute Gasteiger partial charge is 0.331 e. The van der Waals surface area contributed by atoms with Crippen molar-refractivity contribution in [2.75, 3.05) is 0 Å². The quantitative estimate of drug-likeness (QED) is 0.804. The van der Waals surface area contributed by atoms with Gasteiger partial charge >= 0.3 is 0 Å². The molecule has 1 heterocycles. The molecule has 2 N–H and O–H groups in total. The molecular formula is C16H15F2N3. The summed E-state index contributed by atoms with van der Waals surface area (Å²) in [5.41, 5.74) is 8.57. The van der Waals surface area contributed by atoms with Crippen LogP contribution in [0.4, 0.5) is 8.78 Å².